The van der Waals surface area contributed by atoms with Crippen molar-refractivity contribution in [2.75, 3.05) is 0 Å². The number of aromatic amines is 1. The van der Waals surface area contributed by atoms with Crippen molar-refractivity contribution in [3.8, 4) is 11.5 Å². The second-order valence-corrected chi connectivity index (χ2v) is 6.57. The van der Waals surface area contributed by atoms with Gasteiger partial charge in [-0.25, -0.2) is 15.0 Å². The maximum absolute atomic E-state index is 12.4. The first-order chi connectivity index (χ1) is 13.0. The van der Waals surface area contributed by atoms with Crippen LogP contribution in [0, 0.1) is 13.8 Å². The highest BCUT2D eigenvalue weighted by Crippen LogP contribution is 2.29. The zero-order chi connectivity index (χ0) is 19.0. The second-order valence-electron chi connectivity index (χ2n) is 6.57. The van der Waals surface area contributed by atoms with Crippen LogP contribution in [0.4, 0.5) is 0 Å². The van der Waals surface area contributed by atoms with Gasteiger partial charge in [0, 0.05) is 43.1 Å². The van der Waals surface area contributed by atoms with E-state index in [2.05, 4.69) is 38.2 Å². The van der Waals surface area contributed by atoms with Gasteiger partial charge in [-0.05, 0) is 37.1 Å². The van der Waals surface area contributed by atoms with E-state index < -0.39 is 0 Å². The van der Waals surface area contributed by atoms with Crippen LogP contribution in [-0.2, 0) is 13.6 Å². The third-order valence-electron chi connectivity index (χ3n) is 4.78. The predicted octanol–water partition coefficient (Wildman–Crippen LogP) is 2.91. The second kappa shape index (κ2) is 6.68. The number of imidazole rings is 1. The standard InChI is InChI=1S/C20H20N6O/c1-12-15-8-14(9-23-20(27)16-10-21-11-24-13(16)2)4-5-17(15)25-18(12)19-22-6-7-26(19)3/h4-8,10-11,25H,9H2,1-3H3,(H,23,27). The van der Waals surface area contributed by atoms with Gasteiger partial charge in [0.15, 0.2) is 5.82 Å². The van der Waals surface area contributed by atoms with E-state index in [0.29, 0.717) is 17.8 Å². The number of rotatable bonds is 4. The molecule has 1 amide bonds. The maximum atomic E-state index is 12.4. The molecule has 0 unspecified atom stereocenters. The van der Waals surface area contributed by atoms with Crippen LogP contribution in [0.5, 0.6) is 0 Å². The fraction of sp³-hybridized carbons (Fsp3) is 0.200. The van der Waals surface area contributed by atoms with Gasteiger partial charge in [0.05, 0.1) is 17.0 Å². The number of nitrogens with zero attached hydrogens (tertiary/aromatic N) is 4. The summed E-state index contributed by atoms with van der Waals surface area (Å²) in [5.74, 6) is 0.728. The molecule has 0 aliphatic heterocycles. The Hall–Kier alpha value is -3.48. The Labute approximate surface area is 156 Å². The number of nitrogens with one attached hydrogen (secondary N) is 2. The molecule has 0 radical (unpaired) electrons. The highest BCUT2D eigenvalue weighted by Gasteiger charge is 2.14. The van der Waals surface area contributed by atoms with Crippen molar-refractivity contribution in [3.05, 3.63) is 65.5 Å². The predicted molar refractivity (Wildman–Crippen MR) is 103 cm³/mol. The molecule has 0 saturated heterocycles. The zero-order valence-corrected chi connectivity index (χ0v) is 15.4. The molecular weight excluding hydrogens is 340 g/mol. The van der Waals surface area contributed by atoms with E-state index in [1.54, 1.807) is 13.1 Å². The van der Waals surface area contributed by atoms with E-state index in [9.17, 15) is 4.79 Å². The van der Waals surface area contributed by atoms with Crippen LogP contribution >= 0.6 is 0 Å². The molecule has 4 aromatic rings. The number of benzene rings is 1. The lowest BCUT2D eigenvalue weighted by molar-refractivity contribution is 0.0949. The van der Waals surface area contributed by atoms with Gasteiger partial charge in [-0.2, -0.15) is 0 Å². The SMILES string of the molecule is Cc1ncncc1C(=O)NCc1ccc2[nH]c(-c3nccn3C)c(C)c2c1. The van der Waals surface area contributed by atoms with Gasteiger partial charge in [0.1, 0.15) is 6.33 Å². The van der Waals surface area contributed by atoms with Gasteiger partial charge >= 0.3 is 0 Å². The van der Waals surface area contributed by atoms with Crippen LogP contribution in [0.1, 0.15) is 27.2 Å². The summed E-state index contributed by atoms with van der Waals surface area (Å²) in [5, 5.41) is 4.06. The molecular formula is C20H20N6O. The van der Waals surface area contributed by atoms with Crippen molar-refractivity contribution in [1.29, 1.82) is 0 Å². The van der Waals surface area contributed by atoms with Gasteiger partial charge in [-0.15, -0.1) is 0 Å². The molecule has 0 saturated carbocycles. The molecule has 0 bridgehead atoms. The Balaban J connectivity index is 1.59. The number of amides is 1. The van der Waals surface area contributed by atoms with Gasteiger partial charge < -0.3 is 14.9 Å². The van der Waals surface area contributed by atoms with Crippen LogP contribution in [-0.4, -0.2) is 30.4 Å². The zero-order valence-electron chi connectivity index (χ0n) is 15.4. The average Bonchev–Trinajstić information content (AvgIpc) is 3.23. The van der Waals surface area contributed by atoms with Crippen molar-refractivity contribution in [3.63, 3.8) is 0 Å². The summed E-state index contributed by atoms with van der Waals surface area (Å²) in [6, 6.07) is 6.14. The fourth-order valence-electron chi connectivity index (χ4n) is 3.21. The number of carbonyl (C=O) groups is 1. The summed E-state index contributed by atoms with van der Waals surface area (Å²) in [6.45, 7) is 4.31. The summed E-state index contributed by atoms with van der Waals surface area (Å²) < 4.78 is 1.99. The van der Waals surface area contributed by atoms with Gasteiger partial charge in [0.2, 0.25) is 0 Å². The molecule has 2 N–H and O–H groups in total. The first kappa shape index (κ1) is 17.0. The molecule has 7 nitrogen and oxygen atoms in total. The number of H-pyrrole nitrogens is 1. The highest BCUT2D eigenvalue weighted by atomic mass is 16.1. The van der Waals surface area contributed by atoms with Crippen LogP contribution in [0.2, 0.25) is 0 Å². The monoisotopic (exact) mass is 360 g/mol. The molecule has 0 atom stereocenters. The van der Waals surface area contributed by atoms with E-state index in [0.717, 1.165) is 33.5 Å². The van der Waals surface area contributed by atoms with Crippen LogP contribution < -0.4 is 5.32 Å². The average molecular weight is 360 g/mol. The number of aryl methyl sites for hydroxylation is 3. The van der Waals surface area contributed by atoms with E-state index in [1.165, 1.54) is 12.5 Å². The van der Waals surface area contributed by atoms with Crippen LogP contribution in [0.3, 0.4) is 0 Å². The molecule has 0 aliphatic rings. The van der Waals surface area contributed by atoms with Crippen molar-refractivity contribution < 1.29 is 4.79 Å². The lowest BCUT2D eigenvalue weighted by Gasteiger charge is -2.07. The van der Waals surface area contributed by atoms with Gasteiger partial charge in [-0.1, -0.05) is 6.07 Å². The van der Waals surface area contributed by atoms with Gasteiger partial charge in [0.25, 0.3) is 5.91 Å². The summed E-state index contributed by atoms with van der Waals surface area (Å²) in [6.07, 6.45) is 6.69. The summed E-state index contributed by atoms with van der Waals surface area (Å²) in [5.41, 5.74) is 5.38. The fourth-order valence-corrected chi connectivity index (χ4v) is 3.21. The molecule has 136 valence electrons. The van der Waals surface area contributed by atoms with Crippen molar-refractivity contribution in [2.24, 2.45) is 7.05 Å². The van der Waals surface area contributed by atoms with Crippen LogP contribution in [0.15, 0.2) is 43.1 Å². The molecule has 3 heterocycles. The van der Waals surface area contributed by atoms with Gasteiger partial charge in [-0.3, -0.25) is 4.79 Å². The van der Waals surface area contributed by atoms with Crippen LogP contribution in [0.25, 0.3) is 22.4 Å². The van der Waals surface area contributed by atoms with Crippen molar-refractivity contribution in [2.45, 2.75) is 20.4 Å². The molecule has 0 aliphatic carbocycles. The quantitative estimate of drug-likeness (QED) is 0.586. The number of hydrogen-bond acceptors (Lipinski definition) is 4. The Bertz CT molecular complexity index is 1140. The minimum absolute atomic E-state index is 0.173. The van der Waals surface area contributed by atoms with Crippen molar-refractivity contribution >= 4 is 16.8 Å². The number of hydrogen-bond donors (Lipinski definition) is 2. The maximum Gasteiger partial charge on any atom is 0.254 e. The molecule has 1 aromatic carbocycles. The molecule has 0 fully saturated rings. The smallest absolute Gasteiger partial charge is 0.254 e. The minimum atomic E-state index is -0.173. The van der Waals surface area contributed by atoms with E-state index >= 15 is 0 Å². The first-order valence-electron chi connectivity index (χ1n) is 8.68. The third-order valence-corrected chi connectivity index (χ3v) is 4.78. The number of fused-ring (bicyclic) bond motifs is 1. The summed E-state index contributed by atoms with van der Waals surface area (Å²) in [7, 11) is 1.98. The molecule has 3 aromatic heterocycles. The third kappa shape index (κ3) is 3.08. The van der Waals surface area contributed by atoms with E-state index in [1.807, 2.05) is 29.9 Å². The lowest BCUT2D eigenvalue weighted by Crippen LogP contribution is -2.24. The lowest BCUT2D eigenvalue weighted by atomic mass is 10.1. The summed E-state index contributed by atoms with van der Waals surface area (Å²) >= 11 is 0. The number of aromatic nitrogens is 5. The molecule has 0 spiro atoms. The largest absolute Gasteiger partial charge is 0.352 e. The number of carbonyl (C=O) groups excluding carboxylic acids is 1. The Morgan fingerprint density at radius 2 is 2.11 bits per heavy atom. The van der Waals surface area contributed by atoms with E-state index in [4.69, 9.17) is 0 Å². The topological polar surface area (TPSA) is 88.5 Å². The normalized spacial score (nSPS) is 11.1. The first-order valence-corrected chi connectivity index (χ1v) is 8.68. The Morgan fingerprint density at radius 3 is 2.85 bits per heavy atom. The molecule has 4 rings (SSSR count). The van der Waals surface area contributed by atoms with E-state index in [-0.39, 0.29) is 5.91 Å². The highest BCUT2D eigenvalue weighted by molar-refractivity contribution is 5.95. The van der Waals surface area contributed by atoms with Crippen molar-refractivity contribution in [1.82, 2.24) is 29.8 Å². The molecule has 7 heteroatoms. The Kier molecular flexibility index (Phi) is 4.19. The Morgan fingerprint density at radius 1 is 1.26 bits per heavy atom. The molecule has 27 heavy (non-hydrogen) atoms. The minimum Gasteiger partial charge on any atom is -0.352 e. The summed E-state index contributed by atoms with van der Waals surface area (Å²) in [4.78, 5) is 28.2.